The minimum Gasteiger partial charge on any atom is -0.492 e. The third-order valence-corrected chi connectivity index (χ3v) is 3.33. The van der Waals surface area contributed by atoms with Crippen molar-refractivity contribution in [3.8, 4) is 5.75 Å². The number of aliphatic imine (C=N–C) groups is 1. The first-order valence-corrected chi connectivity index (χ1v) is 8.28. The molecule has 0 atom stereocenters. The van der Waals surface area contributed by atoms with Crippen LogP contribution >= 0.6 is 24.0 Å². The van der Waals surface area contributed by atoms with Gasteiger partial charge in [-0.15, -0.1) is 24.0 Å². The van der Waals surface area contributed by atoms with Crippen molar-refractivity contribution < 1.29 is 9.47 Å². The molecule has 5 nitrogen and oxygen atoms in total. The fraction of sp³-hybridized carbons (Fsp3) is 0.611. The highest BCUT2D eigenvalue weighted by Crippen LogP contribution is 2.24. The summed E-state index contributed by atoms with van der Waals surface area (Å²) in [6.45, 7) is 11.9. The van der Waals surface area contributed by atoms with E-state index in [4.69, 9.17) is 15.2 Å². The van der Waals surface area contributed by atoms with Gasteiger partial charge in [-0.2, -0.15) is 0 Å². The predicted octanol–water partition coefficient (Wildman–Crippen LogP) is 3.31. The van der Waals surface area contributed by atoms with Crippen molar-refractivity contribution in [3.63, 3.8) is 0 Å². The third kappa shape index (κ3) is 9.97. The molecule has 0 spiro atoms. The van der Waals surface area contributed by atoms with Crippen LogP contribution in [0.4, 0.5) is 0 Å². The van der Waals surface area contributed by atoms with Gasteiger partial charge in [-0.3, -0.25) is 4.99 Å². The summed E-state index contributed by atoms with van der Waals surface area (Å²) in [6, 6.07) is 8.23. The van der Waals surface area contributed by atoms with E-state index in [2.05, 4.69) is 43.2 Å². The molecule has 0 bridgehead atoms. The molecule has 0 radical (unpaired) electrons. The SMILES string of the molecule is CCOCCCN=C(N)NCCOc1ccc(C(C)(C)C)cc1.I. The molecule has 0 aliphatic rings. The van der Waals surface area contributed by atoms with Gasteiger partial charge in [0.25, 0.3) is 0 Å². The van der Waals surface area contributed by atoms with Gasteiger partial charge in [0.15, 0.2) is 5.96 Å². The number of rotatable bonds is 9. The van der Waals surface area contributed by atoms with E-state index in [1.54, 1.807) is 0 Å². The lowest BCUT2D eigenvalue weighted by Gasteiger charge is -2.19. The second-order valence-electron chi connectivity index (χ2n) is 6.37. The molecule has 0 unspecified atom stereocenters. The van der Waals surface area contributed by atoms with Crippen LogP contribution in [0.2, 0.25) is 0 Å². The van der Waals surface area contributed by atoms with Crippen LogP contribution in [0.15, 0.2) is 29.3 Å². The zero-order valence-electron chi connectivity index (χ0n) is 15.3. The number of nitrogens with one attached hydrogen (secondary N) is 1. The van der Waals surface area contributed by atoms with Crippen molar-refractivity contribution in [1.82, 2.24) is 5.32 Å². The summed E-state index contributed by atoms with van der Waals surface area (Å²) in [5, 5.41) is 3.04. The fourth-order valence-corrected chi connectivity index (χ4v) is 1.97. The van der Waals surface area contributed by atoms with Crippen LogP contribution in [0.1, 0.15) is 39.7 Å². The Morgan fingerprint density at radius 2 is 1.83 bits per heavy atom. The summed E-state index contributed by atoms with van der Waals surface area (Å²) in [5.41, 5.74) is 7.24. The molecule has 0 aromatic heterocycles. The van der Waals surface area contributed by atoms with Gasteiger partial charge in [0.2, 0.25) is 0 Å². The van der Waals surface area contributed by atoms with Crippen LogP contribution in [-0.2, 0) is 10.2 Å². The summed E-state index contributed by atoms with van der Waals surface area (Å²) in [4.78, 5) is 4.23. The largest absolute Gasteiger partial charge is 0.492 e. The van der Waals surface area contributed by atoms with Crippen molar-refractivity contribution in [2.45, 2.75) is 39.5 Å². The Morgan fingerprint density at radius 3 is 2.42 bits per heavy atom. The van der Waals surface area contributed by atoms with Crippen LogP contribution in [-0.4, -0.2) is 38.9 Å². The molecule has 0 amide bonds. The van der Waals surface area contributed by atoms with Crippen LogP contribution in [0.25, 0.3) is 0 Å². The van der Waals surface area contributed by atoms with Crippen molar-refractivity contribution in [1.29, 1.82) is 0 Å². The maximum Gasteiger partial charge on any atom is 0.188 e. The first kappa shape index (κ1) is 23.0. The number of benzene rings is 1. The molecular formula is C18H32IN3O2. The van der Waals surface area contributed by atoms with Crippen LogP contribution in [0.3, 0.4) is 0 Å². The van der Waals surface area contributed by atoms with E-state index in [0.717, 1.165) is 25.4 Å². The molecule has 6 heteroatoms. The first-order valence-electron chi connectivity index (χ1n) is 8.28. The molecule has 0 aliphatic carbocycles. The third-order valence-electron chi connectivity index (χ3n) is 3.33. The molecule has 1 aromatic rings. The number of nitrogens with zero attached hydrogens (tertiary/aromatic N) is 1. The zero-order valence-corrected chi connectivity index (χ0v) is 17.6. The average Bonchev–Trinajstić information content (AvgIpc) is 2.51. The summed E-state index contributed by atoms with van der Waals surface area (Å²) in [5.74, 6) is 1.32. The molecule has 0 aliphatic heterocycles. The summed E-state index contributed by atoms with van der Waals surface area (Å²) >= 11 is 0. The molecule has 3 N–H and O–H groups in total. The van der Waals surface area contributed by atoms with Crippen molar-refractivity contribution in [3.05, 3.63) is 29.8 Å². The van der Waals surface area contributed by atoms with Gasteiger partial charge in [-0.05, 0) is 36.5 Å². The van der Waals surface area contributed by atoms with E-state index in [-0.39, 0.29) is 29.4 Å². The molecule has 1 rings (SSSR count). The summed E-state index contributed by atoms with van der Waals surface area (Å²) in [7, 11) is 0. The lowest BCUT2D eigenvalue weighted by Crippen LogP contribution is -2.34. The van der Waals surface area contributed by atoms with Gasteiger partial charge in [-0.1, -0.05) is 32.9 Å². The second kappa shape index (κ2) is 12.4. The van der Waals surface area contributed by atoms with Gasteiger partial charge >= 0.3 is 0 Å². The van der Waals surface area contributed by atoms with Crippen molar-refractivity contribution in [2.24, 2.45) is 10.7 Å². The lowest BCUT2D eigenvalue weighted by atomic mass is 9.87. The topological polar surface area (TPSA) is 68.9 Å². The Bertz CT molecular complexity index is 470. The molecule has 0 saturated carbocycles. The van der Waals surface area contributed by atoms with Gasteiger partial charge < -0.3 is 20.5 Å². The molecule has 24 heavy (non-hydrogen) atoms. The first-order chi connectivity index (χ1) is 10.9. The van der Waals surface area contributed by atoms with E-state index in [9.17, 15) is 0 Å². The molecular weight excluding hydrogens is 417 g/mol. The van der Waals surface area contributed by atoms with E-state index in [1.165, 1.54) is 5.56 Å². The van der Waals surface area contributed by atoms with E-state index in [1.807, 2.05) is 19.1 Å². The summed E-state index contributed by atoms with van der Waals surface area (Å²) in [6.07, 6.45) is 0.882. The number of nitrogens with two attached hydrogens (primary N) is 1. The maximum absolute atomic E-state index is 5.78. The Hall–Kier alpha value is -1.02. The van der Waals surface area contributed by atoms with Gasteiger partial charge in [0.1, 0.15) is 12.4 Å². The average molecular weight is 449 g/mol. The fourth-order valence-electron chi connectivity index (χ4n) is 1.97. The Balaban J connectivity index is 0.00000529. The molecule has 0 fully saturated rings. The number of guanidine groups is 1. The van der Waals surface area contributed by atoms with Gasteiger partial charge in [-0.25, -0.2) is 0 Å². The standard InChI is InChI=1S/C18H31N3O2.HI/c1-5-22-13-6-11-20-17(19)21-12-14-23-16-9-7-15(8-10-16)18(2,3)4;/h7-10H,5-6,11-14H2,1-4H3,(H3,19,20,21);1H. The smallest absolute Gasteiger partial charge is 0.188 e. The van der Waals surface area contributed by atoms with E-state index < -0.39 is 0 Å². The number of hydrogen-bond donors (Lipinski definition) is 2. The van der Waals surface area contributed by atoms with E-state index >= 15 is 0 Å². The molecule has 1 aromatic carbocycles. The molecule has 138 valence electrons. The number of ether oxygens (including phenoxy) is 2. The van der Waals surface area contributed by atoms with Crippen LogP contribution < -0.4 is 15.8 Å². The van der Waals surface area contributed by atoms with Crippen molar-refractivity contribution >= 4 is 29.9 Å². The molecule has 0 saturated heterocycles. The van der Waals surface area contributed by atoms with Gasteiger partial charge in [0, 0.05) is 19.8 Å². The summed E-state index contributed by atoms with van der Waals surface area (Å²) < 4.78 is 10.9. The highest BCUT2D eigenvalue weighted by atomic mass is 127. The highest BCUT2D eigenvalue weighted by molar-refractivity contribution is 14.0. The lowest BCUT2D eigenvalue weighted by molar-refractivity contribution is 0.146. The Kier molecular flexibility index (Phi) is 11.8. The highest BCUT2D eigenvalue weighted by Gasteiger charge is 2.12. The van der Waals surface area contributed by atoms with Gasteiger partial charge in [0.05, 0.1) is 6.54 Å². The maximum atomic E-state index is 5.78. The van der Waals surface area contributed by atoms with Crippen molar-refractivity contribution in [2.75, 3.05) is 32.9 Å². The molecule has 0 heterocycles. The zero-order chi connectivity index (χ0) is 17.1. The predicted molar refractivity (Wildman–Crippen MR) is 112 cm³/mol. The number of hydrogen-bond acceptors (Lipinski definition) is 3. The normalized spacial score (nSPS) is 11.8. The quantitative estimate of drug-likeness (QED) is 0.263. The Labute approximate surface area is 163 Å². The Morgan fingerprint density at radius 1 is 1.17 bits per heavy atom. The number of halogens is 1. The van der Waals surface area contributed by atoms with E-state index in [0.29, 0.717) is 25.7 Å². The monoisotopic (exact) mass is 449 g/mol. The second-order valence-corrected chi connectivity index (χ2v) is 6.37. The van der Waals surface area contributed by atoms with Crippen LogP contribution in [0, 0.1) is 0 Å². The minimum atomic E-state index is 0. The minimum absolute atomic E-state index is 0. The van der Waals surface area contributed by atoms with Crippen LogP contribution in [0.5, 0.6) is 5.75 Å².